The van der Waals surface area contributed by atoms with E-state index in [2.05, 4.69) is 79.6 Å². The third kappa shape index (κ3) is 4.61. The van der Waals surface area contributed by atoms with Crippen LogP contribution in [-0.4, -0.2) is 13.6 Å². The first kappa shape index (κ1) is 15.6. The van der Waals surface area contributed by atoms with E-state index in [0.717, 1.165) is 19.6 Å². The lowest BCUT2D eigenvalue weighted by atomic mass is 10.1. The van der Waals surface area contributed by atoms with Gasteiger partial charge in [0.05, 0.1) is 0 Å². The maximum absolute atomic E-state index is 3.49. The summed E-state index contributed by atoms with van der Waals surface area (Å²) in [7, 11) is 2.17. The molecule has 112 valence electrons. The Bertz CT molecular complexity index is 563. The van der Waals surface area contributed by atoms with Crippen LogP contribution in [0.4, 0.5) is 5.69 Å². The summed E-state index contributed by atoms with van der Waals surface area (Å²) >= 11 is 0. The summed E-state index contributed by atoms with van der Waals surface area (Å²) in [6, 6.07) is 17.4. The molecule has 0 aliphatic carbocycles. The van der Waals surface area contributed by atoms with Gasteiger partial charge in [0.15, 0.2) is 0 Å². The highest BCUT2D eigenvalue weighted by molar-refractivity contribution is 5.53. The molecule has 0 saturated heterocycles. The molecule has 1 N–H and O–H groups in total. The fraction of sp³-hybridized carbons (Fsp3) is 0.368. The van der Waals surface area contributed by atoms with Crippen molar-refractivity contribution in [2.75, 3.05) is 18.5 Å². The van der Waals surface area contributed by atoms with Crippen molar-refractivity contribution < 1.29 is 0 Å². The Labute approximate surface area is 128 Å². The zero-order valence-electron chi connectivity index (χ0n) is 13.4. The van der Waals surface area contributed by atoms with E-state index in [-0.39, 0.29) is 0 Å². The molecule has 0 aliphatic rings. The number of para-hydroxylation sites is 1. The Kier molecular flexibility index (Phi) is 5.82. The summed E-state index contributed by atoms with van der Waals surface area (Å²) in [5.41, 5.74) is 5.34. The van der Waals surface area contributed by atoms with Crippen LogP contribution in [0.3, 0.4) is 0 Å². The molecule has 2 nitrogen and oxygen atoms in total. The molecule has 0 aliphatic heterocycles. The van der Waals surface area contributed by atoms with Gasteiger partial charge in [-0.05, 0) is 37.1 Å². The molecular weight excluding hydrogens is 256 g/mol. The molecule has 2 rings (SSSR count). The van der Waals surface area contributed by atoms with Crippen LogP contribution in [-0.2, 0) is 13.1 Å². The lowest BCUT2D eigenvalue weighted by molar-refractivity contribution is 0.673. The summed E-state index contributed by atoms with van der Waals surface area (Å²) in [5, 5.41) is 3.49. The average molecular weight is 282 g/mol. The Morgan fingerprint density at radius 1 is 1.05 bits per heavy atom. The molecule has 2 heteroatoms. The smallest absolute Gasteiger partial charge is 0.0426 e. The Morgan fingerprint density at radius 2 is 1.86 bits per heavy atom. The zero-order valence-corrected chi connectivity index (χ0v) is 13.4. The predicted octanol–water partition coefficient (Wildman–Crippen LogP) is 4.13. The Hall–Kier alpha value is -1.80. The van der Waals surface area contributed by atoms with Crippen LogP contribution >= 0.6 is 0 Å². The molecule has 0 saturated carbocycles. The number of aryl methyl sites for hydroxylation is 1. The van der Waals surface area contributed by atoms with E-state index in [4.69, 9.17) is 0 Å². The van der Waals surface area contributed by atoms with Crippen LogP contribution in [0.2, 0.25) is 0 Å². The maximum Gasteiger partial charge on any atom is 0.0426 e. The molecule has 0 unspecified atom stereocenters. The molecule has 0 spiro atoms. The fourth-order valence-electron chi connectivity index (χ4n) is 2.60. The van der Waals surface area contributed by atoms with Gasteiger partial charge in [-0.25, -0.2) is 0 Å². The van der Waals surface area contributed by atoms with E-state index in [1.54, 1.807) is 0 Å². The average Bonchev–Trinajstić information content (AvgIpc) is 2.48. The third-order valence-corrected chi connectivity index (χ3v) is 3.65. The fourth-order valence-corrected chi connectivity index (χ4v) is 2.60. The highest BCUT2D eigenvalue weighted by atomic mass is 15.1. The largest absolute Gasteiger partial charge is 0.370 e. The highest BCUT2D eigenvalue weighted by Gasteiger charge is 2.07. The highest BCUT2D eigenvalue weighted by Crippen LogP contribution is 2.21. The van der Waals surface area contributed by atoms with Gasteiger partial charge in [0.25, 0.3) is 0 Å². The van der Waals surface area contributed by atoms with Gasteiger partial charge in [0.2, 0.25) is 0 Å². The zero-order chi connectivity index (χ0) is 15.1. The normalized spacial score (nSPS) is 10.6. The van der Waals surface area contributed by atoms with Crippen LogP contribution in [0, 0.1) is 6.92 Å². The third-order valence-electron chi connectivity index (χ3n) is 3.65. The second-order valence-corrected chi connectivity index (χ2v) is 5.65. The van der Waals surface area contributed by atoms with E-state index in [9.17, 15) is 0 Å². The van der Waals surface area contributed by atoms with Gasteiger partial charge in [-0.1, -0.05) is 55.0 Å². The van der Waals surface area contributed by atoms with E-state index in [0.29, 0.717) is 0 Å². The van der Waals surface area contributed by atoms with Crippen molar-refractivity contribution in [2.45, 2.75) is 33.4 Å². The summed E-state index contributed by atoms with van der Waals surface area (Å²) in [6.07, 6.45) is 1.17. The quantitative estimate of drug-likeness (QED) is 0.768. The van der Waals surface area contributed by atoms with Gasteiger partial charge in [-0.15, -0.1) is 0 Å². The Morgan fingerprint density at radius 3 is 2.62 bits per heavy atom. The van der Waals surface area contributed by atoms with E-state index in [1.165, 1.54) is 28.8 Å². The number of nitrogens with zero attached hydrogens (tertiary/aromatic N) is 1. The van der Waals surface area contributed by atoms with Gasteiger partial charge in [-0.3, -0.25) is 0 Å². The molecule has 2 aromatic carbocycles. The summed E-state index contributed by atoms with van der Waals surface area (Å²) in [5.74, 6) is 0. The minimum absolute atomic E-state index is 0.933. The summed E-state index contributed by atoms with van der Waals surface area (Å²) in [6.45, 7) is 7.28. The maximum atomic E-state index is 3.49. The second-order valence-electron chi connectivity index (χ2n) is 5.65. The van der Waals surface area contributed by atoms with Crippen molar-refractivity contribution in [2.24, 2.45) is 0 Å². The summed E-state index contributed by atoms with van der Waals surface area (Å²) < 4.78 is 0. The van der Waals surface area contributed by atoms with Gasteiger partial charge in [-0.2, -0.15) is 0 Å². The van der Waals surface area contributed by atoms with Crippen molar-refractivity contribution >= 4 is 5.69 Å². The van der Waals surface area contributed by atoms with Gasteiger partial charge in [0.1, 0.15) is 0 Å². The lowest BCUT2D eigenvalue weighted by Crippen LogP contribution is -2.21. The molecule has 0 radical (unpaired) electrons. The molecule has 2 aromatic rings. The topological polar surface area (TPSA) is 15.3 Å². The number of nitrogens with one attached hydrogen (secondary N) is 1. The first-order chi connectivity index (χ1) is 10.2. The monoisotopic (exact) mass is 282 g/mol. The van der Waals surface area contributed by atoms with Crippen molar-refractivity contribution in [3.8, 4) is 0 Å². The standard InChI is InChI=1S/C19H26N2/c1-4-12-20-14-18-10-5-6-11-19(18)21(3)15-17-9-7-8-16(2)13-17/h5-11,13,20H,4,12,14-15H2,1-3H3. The molecule has 0 heterocycles. The summed E-state index contributed by atoms with van der Waals surface area (Å²) in [4.78, 5) is 2.33. The molecule has 0 atom stereocenters. The number of rotatable bonds is 7. The predicted molar refractivity (Wildman–Crippen MR) is 91.7 cm³/mol. The number of hydrogen-bond donors (Lipinski definition) is 1. The van der Waals surface area contributed by atoms with Crippen molar-refractivity contribution in [3.63, 3.8) is 0 Å². The molecular formula is C19H26N2. The number of benzene rings is 2. The van der Waals surface area contributed by atoms with Gasteiger partial charge >= 0.3 is 0 Å². The SMILES string of the molecule is CCCNCc1ccccc1N(C)Cc1cccc(C)c1. The minimum Gasteiger partial charge on any atom is -0.370 e. The molecule has 21 heavy (non-hydrogen) atoms. The Balaban J connectivity index is 2.09. The van der Waals surface area contributed by atoms with Crippen LogP contribution < -0.4 is 10.2 Å². The lowest BCUT2D eigenvalue weighted by Gasteiger charge is -2.23. The van der Waals surface area contributed by atoms with Crippen LogP contribution in [0.5, 0.6) is 0 Å². The van der Waals surface area contributed by atoms with E-state index >= 15 is 0 Å². The van der Waals surface area contributed by atoms with Gasteiger partial charge < -0.3 is 10.2 Å². The van der Waals surface area contributed by atoms with E-state index < -0.39 is 0 Å². The van der Waals surface area contributed by atoms with Crippen molar-refractivity contribution in [1.29, 1.82) is 0 Å². The molecule has 0 aromatic heterocycles. The van der Waals surface area contributed by atoms with Crippen LogP contribution in [0.15, 0.2) is 48.5 Å². The molecule has 0 fully saturated rings. The minimum atomic E-state index is 0.933. The number of hydrogen-bond acceptors (Lipinski definition) is 2. The van der Waals surface area contributed by atoms with E-state index in [1.807, 2.05) is 0 Å². The molecule has 0 bridgehead atoms. The van der Waals surface area contributed by atoms with Crippen LogP contribution in [0.25, 0.3) is 0 Å². The van der Waals surface area contributed by atoms with Gasteiger partial charge in [0, 0.05) is 25.8 Å². The first-order valence-electron chi connectivity index (χ1n) is 7.76. The number of anilines is 1. The van der Waals surface area contributed by atoms with Crippen molar-refractivity contribution in [3.05, 3.63) is 65.2 Å². The first-order valence-corrected chi connectivity index (χ1v) is 7.76. The second kappa shape index (κ2) is 7.84. The molecule has 0 amide bonds. The van der Waals surface area contributed by atoms with Crippen LogP contribution in [0.1, 0.15) is 30.0 Å². The van der Waals surface area contributed by atoms with Crippen molar-refractivity contribution in [1.82, 2.24) is 5.32 Å².